The summed E-state index contributed by atoms with van der Waals surface area (Å²) in [6, 6.07) is 0. The molecule has 0 aliphatic rings. The average Bonchev–Trinajstić information content (AvgIpc) is 2.57. The van der Waals surface area contributed by atoms with Crippen LogP contribution in [0.15, 0.2) is 11.6 Å². The summed E-state index contributed by atoms with van der Waals surface area (Å²) in [4.78, 5) is 14.6. The summed E-state index contributed by atoms with van der Waals surface area (Å²) < 4.78 is 0. The van der Waals surface area contributed by atoms with E-state index in [1.165, 1.54) is 0 Å². The van der Waals surface area contributed by atoms with Crippen molar-refractivity contribution in [3.63, 3.8) is 0 Å². The van der Waals surface area contributed by atoms with Crippen molar-refractivity contribution in [2.45, 2.75) is 6.42 Å². The zero-order chi connectivity index (χ0) is 8.81. The molecule has 0 bridgehead atoms. The Balaban J connectivity index is 2.20. The largest absolute Gasteiger partial charge is 0.345 e. The lowest BCUT2D eigenvalue weighted by atomic mass is 10.4. The van der Waals surface area contributed by atoms with Crippen molar-refractivity contribution >= 4 is 17.2 Å². The summed E-state index contributed by atoms with van der Waals surface area (Å²) in [5, 5.41) is 5.47. The molecular formula is C8H8N2OS. The van der Waals surface area contributed by atoms with Crippen LogP contribution in [0, 0.1) is 12.3 Å². The first kappa shape index (κ1) is 8.75. The van der Waals surface area contributed by atoms with E-state index in [1.54, 1.807) is 17.5 Å². The highest BCUT2D eigenvalue weighted by molar-refractivity contribution is 7.09. The highest BCUT2D eigenvalue weighted by Gasteiger charge is 1.96. The summed E-state index contributed by atoms with van der Waals surface area (Å²) in [5.74, 6) is 1.61. The molecule has 0 fully saturated rings. The normalized spacial score (nSPS) is 8.92. The summed E-state index contributed by atoms with van der Waals surface area (Å²) in [6.07, 6.45) is 7.34. The number of carbonyl (C=O) groups is 1. The van der Waals surface area contributed by atoms with E-state index in [0.29, 0.717) is 6.54 Å². The summed E-state index contributed by atoms with van der Waals surface area (Å²) in [7, 11) is 0. The Morgan fingerprint density at radius 2 is 2.67 bits per heavy atom. The predicted molar refractivity (Wildman–Crippen MR) is 47.7 cm³/mol. The van der Waals surface area contributed by atoms with Gasteiger partial charge in [0.1, 0.15) is 0 Å². The van der Waals surface area contributed by atoms with Crippen LogP contribution in [0.2, 0.25) is 0 Å². The Labute approximate surface area is 74.8 Å². The van der Waals surface area contributed by atoms with Gasteiger partial charge in [-0.15, -0.1) is 17.8 Å². The molecule has 0 aliphatic heterocycles. The number of aromatic nitrogens is 1. The lowest BCUT2D eigenvalue weighted by Crippen LogP contribution is -2.23. The fourth-order valence-electron chi connectivity index (χ4n) is 0.710. The Bertz CT molecular complexity index is 287. The number of amides is 1. The van der Waals surface area contributed by atoms with E-state index < -0.39 is 0 Å². The van der Waals surface area contributed by atoms with Gasteiger partial charge in [0.05, 0.1) is 5.01 Å². The molecular weight excluding hydrogens is 172 g/mol. The standard InChI is InChI=1S/C8H8N2OS/c1-2-7(11)9-4-3-8-10-5-6-12-8/h1,5-6H,3-4H2,(H,9,11). The lowest BCUT2D eigenvalue weighted by Gasteiger charge is -1.96. The van der Waals surface area contributed by atoms with Gasteiger partial charge in [0.15, 0.2) is 0 Å². The minimum atomic E-state index is -0.369. The summed E-state index contributed by atoms with van der Waals surface area (Å²) >= 11 is 1.57. The van der Waals surface area contributed by atoms with Crippen molar-refractivity contribution in [1.29, 1.82) is 0 Å². The molecule has 62 valence electrons. The van der Waals surface area contributed by atoms with Gasteiger partial charge in [-0.05, 0) is 5.92 Å². The number of nitrogens with zero attached hydrogens (tertiary/aromatic N) is 1. The van der Waals surface area contributed by atoms with Gasteiger partial charge in [-0.3, -0.25) is 4.79 Å². The molecule has 12 heavy (non-hydrogen) atoms. The van der Waals surface area contributed by atoms with Gasteiger partial charge in [0, 0.05) is 24.5 Å². The molecule has 1 heterocycles. The fourth-order valence-corrected chi connectivity index (χ4v) is 1.33. The maximum absolute atomic E-state index is 10.6. The zero-order valence-electron chi connectivity index (χ0n) is 6.41. The number of hydrogen-bond acceptors (Lipinski definition) is 3. The molecule has 1 rings (SSSR count). The summed E-state index contributed by atoms with van der Waals surface area (Å²) in [5.41, 5.74) is 0. The number of thiazole rings is 1. The molecule has 1 N–H and O–H groups in total. The van der Waals surface area contributed by atoms with Gasteiger partial charge < -0.3 is 5.32 Å². The highest BCUT2D eigenvalue weighted by Crippen LogP contribution is 2.03. The van der Waals surface area contributed by atoms with E-state index >= 15 is 0 Å². The van der Waals surface area contributed by atoms with Crippen molar-refractivity contribution in [1.82, 2.24) is 10.3 Å². The molecule has 3 nitrogen and oxygen atoms in total. The number of hydrogen-bond donors (Lipinski definition) is 1. The average molecular weight is 180 g/mol. The van der Waals surface area contributed by atoms with Gasteiger partial charge >= 0.3 is 0 Å². The zero-order valence-corrected chi connectivity index (χ0v) is 7.23. The number of rotatable bonds is 3. The van der Waals surface area contributed by atoms with Crippen LogP contribution in [0.5, 0.6) is 0 Å². The fraction of sp³-hybridized carbons (Fsp3) is 0.250. The SMILES string of the molecule is C#CC(=O)NCCc1nccs1. The highest BCUT2D eigenvalue weighted by atomic mass is 32.1. The number of carbonyl (C=O) groups excluding carboxylic acids is 1. The minimum absolute atomic E-state index is 0.369. The molecule has 0 aliphatic carbocycles. The van der Waals surface area contributed by atoms with Crippen LogP contribution in [0.1, 0.15) is 5.01 Å². The van der Waals surface area contributed by atoms with E-state index in [4.69, 9.17) is 6.42 Å². The van der Waals surface area contributed by atoms with Crippen molar-refractivity contribution in [2.24, 2.45) is 0 Å². The van der Waals surface area contributed by atoms with Gasteiger partial charge in [-0.1, -0.05) is 0 Å². The molecule has 0 radical (unpaired) electrons. The van der Waals surface area contributed by atoms with Gasteiger partial charge in [0.2, 0.25) is 0 Å². The molecule has 0 saturated carbocycles. The van der Waals surface area contributed by atoms with Gasteiger partial charge in [0.25, 0.3) is 5.91 Å². The molecule has 0 aromatic carbocycles. The van der Waals surface area contributed by atoms with E-state index in [9.17, 15) is 4.79 Å². The Morgan fingerprint density at radius 1 is 1.83 bits per heavy atom. The minimum Gasteiger partial charge on any atom is -0.345 e. The molecule has 0 saturated heterocycles. The molecule has 0 spiro atoms. The quantitative estimate of drug-likeness (QED) is 0.686. The number of nitrogens with one attached hydrogen (secondary N) is 1. The van der Waals surface area contributed by atoms with Gasteiger partial charge in [-0.2, -0.15) is 0 Å². The van der Waals surface area contributed by atoms with Crippen molar-refractivity contribution in [2.75, 3.05) is 6.54 Å². The molecule has 1 amide bonds. The Morgan fingerprint density at radius 3 is 3.25 bits per heavy atom. The summed E-state index contributed by atoms with van der Waals surface area (Å²) in [6.45, 7) is 0.552. The van der Waals surface area contributed by atoms with E-state index in [-0.39, 0.29) is 5.91 Å². The molecule has 0 atom stereocenters. The second-order valence-electron chi connectivity index (χ2n) is 2.08. The van der Waals surface area contributed by atoms with Gasteiger partial charge in [-0.25, -0.2) is 4.98 Å². The Kier molecular flexibility index (Phi) is 3.30. The third-order valence-corrected chi connectivity index (χ3v) is 2.08. The first-order valence-corrected chi connectivity index (χ1v) is 4.33. The topological polar surface area (TPSA) is 42.0 Å². The van der Waals surface area contributed by atoms with Crippen LogP contribution >= 0.6 is 11.3 Å². The van der Waals surface area contributed by atoms with Crippen molar-refractivity contribution < 1.29 is 4.79 Å². The first-order chi connectivity index (χ1) is 5.83. The van der Waals surface area contributed by atoms with Crippen LogP contribution in [0.3, 0.4) is 0 Å². The van der Waals surface area contributed by atoms with E-state index in [2.05, 4.69) is 10.3 Å². The molecule has 1 aromatic heterocycles. The van der Waals surface area contributed by atoms with E-state index in [0.717, 1.165) is 11.4 Å². The van der Waals surface area contributed by atoms with E-state index in [1.807, 2.05) is 11.3 Å². The van der Waals surface area contributed by atoms with Crippen LogP contribution in [0.25, 0.3) is 0 Å². The molecule has 1 aromatic rings. The smallest absolute Gasteiger partial charge is 0.295 e. The first-order valence-electron chi connectivity index (χ1n) is 3.45. The third-order valence-electron chi connectivity index (χ3n) is 1.24. The van der Waals surface area contributed by atoms with Crippen LogP contribution in [-0.2, 0) is 11.2 Å². The maximum atomic E-state index is 10.6. The predicted octanol–water partition coefficient (Wildman–Crippen LogP) is 0.435. The maximum Gasteiger partial charge on any atom is 0.295 e. The Hall–Kier alpha value is -1.34. The second-order valence-corrected chi connectivity index (χ2v) is 3.06. The van der Waals surface area contributed by atoms with Crippen LogP contribution in [-0.4, -0.2) is 17.4 Å². The van der Waals surface area contributed by atoms with Crippen molar-refractivity contribution in [3.8, 4) is 12.3 Å². The second kappa shape index (κ2) is 4.52. The molecule has 4 heteroatoms. The lowest BCUT2D eigenvalue weighted by molar-refractivity contribution is -0.115. The number of terminal acetylenes is 1. The van der Waals surface area contributed by atoms with Crippen LogP contribution < -0.4 is 5.32 Å². The third kappa shape index (κ3) is 2.72. The van der Waals surface area contributed by atoms with Crippen LogP contribution in [0.4, 0.5) is 0 Å². The molecule has 0 unspecified atom stereocenters. The van der Waals surface area contributed by atoms with Crippen molar-refractivity contribution in [3.05, 3.63) is 16.6 Å². The monoisotopic (exact) mass is 180 g/mol.